The molecule has 0 unspecified atom stereocenters. The average Bonchev–Trinajstić information content (AvgIpc) is 2.86. The number of aromatic nitrogens is 2. The first kappa shape index (κ1) is 20.5. The van der Waals surface area contributed by atoms with Crippen molar-refractivity contribution in [1.82, 2.24) is 9.78 Å². The molecule has 0 amide bonds. The van der Waals surface area contributed by atoms with E-state index in [-0.39, 0.29) is 28.3 Å². The standard InChI is InChI=1S/C17H18ClF5N2O/c1-4-25-14(12(18)9-24-25)11-6-5-10(7-13(11)26-15(19)20)8-16(2,3)17(21,22)23/h5-7,9,15H,4,8H2,1-3H3. The van der Waals surface area contributed by atoms with Crippen LogP contribution in [0.4, 0.5) is 22.0 Å². The van der Waals surface area contributed by atoms with Crippen molar-refractivity contribution in [2.45, 2.75) is 46.5 Å². The molecule has 1 aromatic heterocycles. The van der Waals surface area contributed by atoms with Gasteiger partial charge in [0.1, 0.15) is 5.75 Å². The number of rotatable bonds is 6. The highest BCUT2D eigenvalue weighted by Crippen LogP contribution is 2.42. The van der Waals surface area contributed by atoms with E-state index in [1.807, 2.05) is 0 Å². The van der Waals surface area contributed by atoms with E-state index in [0.29, 0.717) is 12.2 Å². The maximum Gasteiger partial charge on any atom is 0.394 e. The third-order valence-electron chi connectivity index (χ3n) is 4.02. The predicted molar refractivity (Wildman–Crippen MR) is 88.5 cm³/mol. The van der Waals surface area contributed by atoms with Crippen molar-refractivity contribution < 1.29 is 26.7 Å². The highest BCUT2D eigenvalue weighted by molar-refractivity contribution is 6.33. The Balaban J connectivity index is 2.50. The van der Waals surface area contributed by atoms with Gasteiger partial charge in [-0.25, -0.2) is 0 Å². The second-order valence-electron chi connectivity index (χ2n) is 6.42. The van der Waals surface area contributed by atoms with Crippen molar-refractivity contribution in [3.05, 3.63) is 35.0 Å². The lowest BCUT2D eigenvalue weighted by Crippen LogP contribution is -2.34. The molecular weight excluding hydrogens is 379 g/mol. The van der Waals surface area contributed by atoms with Gasteiger partial charge >= 0.3 is 12.8 Å². The van der Waals surface area contributed by atoms with Crippen LogP contribution in [-0.4, -0.2) is 22.6 Å². The minimum atomic E-state index is -4.43. The van der Waals surface area contributed by atoms with Gasteiger partial charge in [0.15, 0.2) is 0 Å². The van der Waals surface area contributed by atoms with Gasteiger partial charge in [-0.1, -0.05) is 31.5 Å². The summed E-state index contributed by atoms with van der Waals surface area (Å²) < 4.78 is 71.0. The van der Waals surface area contributed by atoms with Gasteiger partial charge in [0.25, 0.3) is 0 Å². The summed E-state index contributed by atoms with van der Waals surface area (Å²) in [5.74, 6) is -0.243. The summed E-state index contributed by atoms with van der Waals surface area (Å²) in [4.78, 5) is 0. The summed E-state index contributed by atoms with van der Waals surface area (Å²) in [6.07, 6.45) is -3.44. The molecule has 3 nitrogen and oxygen atoms in total. The van der Waals surface area contributed by atoms with Crippen LogP contribution in [0.1, 0.15) is 26.3 Å². The van der Waals surface area contributed by atoms with E-state index in [2.05, 4.69) is 9.84 Å². The van der Waals surface area contributed by atoms with Crippen LogP contribution in [0.2, 0.25) is 5.02 Å². The molecule has 0 spiro atoms. The summed E-state index contributed by atoms with van der Waals surface area (Å²) >= 11 is 6.10. The second-order valence-corrected chi connectivity index (χ2v) is 6.83. The topological polar surface area (TPSA) is 27.1 Å². The van der Waals surface area contributed by atoms with Crippen LogP contribution < -0.4 is 4.74 Å². The zero-order valence-electron chi connectivity index (χ0n) is 14.4. The summed E-state index contributed by atoms with van der Waals surface area (Å²) in [6.45, 7) is 1.20. The smallest absolute Gasteiger partial charge is 0.394 e. The van der Waals surface area contributed by atoms with Crippen LogP contribution in [0.15, 0.2) is 24.4 Å². The Morgan fingerprint density at radius 1 is 1.23 bits per heavy atom. The molecule has 0 aliphatic carbocycles. The third-order valence-corrected chi connectivity index (χ3v) is 4.30. The Bertz CT molecular complexity index is 771. The molecule has 9 heteroatoms. The van der Waals surface area contributed by atoms with Crippen molar-refractivity contribution in [3.63, 3.8) is 0 Å². The number of aryl methyl sites for hydroxylation is 1. The first-order valence-corrected chi connectivity index (χ1v) is 8.20. The Hall–Kier alpha value is -1.83. The van der Waals surface area contributed by atoms with Gasteiger partial charge in [-0.05, 0) is 31.0 Å². The second kappa shape index (κ2) is 7.42. The number of hydrogen-bond donors (Lipinski definition) is 0. The monoisotopic (exact) mass is 396 g/mol. The van der Waals surface area contributed by atoms with E-state index in [1.54, 1.807) is 6.92 Å². The number of ether oxygens (including phenoxy) is 1. The van der Waals surface area contributed by atoms with Crippen molar-refractivity contribution in [1.29, 1.82) is 0 Å². The molecule has 0 bridgehead atoms. The fourth-order valence-corrected chi connectivity index (χ4v) is 2.79. The Morgan fingerprint density at radius 3 is 2.42 bits per heavy atom. The molecule has 0 aliphatic heterocycles. The molecule has 0 saturated carbocycles. The van der Waals surface area contributed by atoms with Gasteiger partial charge in [-0.15, -0.1) is 0 Å². The van der Waals surface area contributed by atoms with Gasteiger partial charge < -0.3 is 4.74 Å². The fraction of sp³-hybridized carbons (Fsp3) is 0.471. The number of halogens is 6. The molecule has 1 heterocycles. The van der Waals surface area contributed by atoms with Crippen LogP contribution in [0.3, 0.4) is 0 Å². The summed E-state index contributed by atoms with van der Waals surface area (Å²) in [6, 6.07) is 4.07. The Labute approximate surface area is 152 Å². The van der Waals surface area contributed by atoms with Gasteiger partial charge in [0.2, 0.25) is 0 Å². The lowest BCUT2D eigenvalue weighted by molar-refractivity contribution is -0.211. The Morgan fingerprint density at radius 2 is 1.88 bits per heavy atom. The highest BCUT2D eigenvalue weighted by Gasteiger charge is 2.47. The third kappa shape index (κ3) is 4.28. The van der Waals surface area contributed by atoms with E-state index < -0.39 is 18.2 Å². The van der Waals surface area contributed by atoms with Crippen LogP contribution in [0.5, 0.6) is 5.75 Å². The predicted octanol–water partition coefficient (Wildman–Crippen LogP) is 5.96. The van der Waals surface area contributed by atoms with Crippen LogP contribution >= 0.6 is 11.6 Å². The molecule has 2 aromatic rings. The molecule has 0 radical (unpaired) electrons. The van der Waals surface area contributed by atoms with E-state index in [4.69, 9.17) is 11.6 Å². The normalized spacial score (nSPS) is 12.7. The van der Waals surface area contributed by atoms with Crippen LogP contribution in [0.25, 0.3) is 11.3 Å². The minimum Gasteiger partial charge on any atom is -0.434 e. The summed E-state index contributed by atoms with van der Waals surface area (Å²) in [5.41, 5.74) is -1.18. The number of hydrogen-bond acceptors (Lipinski definition) is 2. The largest absolute Gasteiger partial charge is 0.434 e. The maximum atomic E-state index is 13.1. The van der Waals surface area contributed by atoms with E-state index in [1.165, 1.54) is 29.1 Å². The first-order valence-electron chi connectivity index (χ1n) is 7.82. The molecule has 0 saturated heterocycles. The quantitative estimate of drug-likeness (QED) is 0.564. The van der Waals surface area contributed by atoms with Crippen molar-refractivity contribution >= 4 is 11.6 Å². The van der Waals surface area contributed by atoms with E-state index in [9.17, 15) is 22.0 Å². The van der Waals surface area contributed by atoms with Crippen LogP contribution in [-0.2, 0) is 13.0 Å². The van der Waals surface area contributed by atoms with E-state index in [0.717, 1.165) is 13.8 Å². The zero-order valence-corrected chi connectivity index (χ0v) is 15.1. The van der Waals surface area contributed by atoms with Crippen molar-refractivity contribution in [2.75, 3.05) is 0 Å². The first-order chi connectivity index (χ1) is 12.0. The number of alkyl halides is 5. The summed E-state index contributed by atoms with van der Waals surface area (Å²) in [7, 11) is 0. The molecular formula is C17H18ClF5N2O. The molecule has 0 fully saturated rings. The number of nitrogens with zero attached hydrogens (tertiary/aromatic N) is 2. The van der Waals surface area contributed by atoms with Crippen LogP contribution in [0, 0.1) is 5.41 Å². The molecule has 26 heavy (non-hydrogen) atoms. The maximum absolute atomic E-state index is 13.1. The lowest BCUT2D eigenvalue weighted by Gasteiger charge is -2.28. The van der Waals surface area contributed by atoms with Gasteiger partial charge in [0, 0.05) is 12.1 Å². The molecule has 144 valence electrons. The lowest BCUT2D eigenvalue weighted by atomic mass is 9.84. The highest BCUT2D eigenvalue weighted by atomic mass is 35.5. The van der Waals surface area contributed by atoms with E-state index >= 15 is 0 Å². The molecule has 2 rings (SSSR count). The SMILES string of the molecule is CCn1ncc(Cl)c1-c1ccc(CC(C)(C)C(F)(F)F)cc1OC(F)F. The number of benzene rings is 1. The van der Waals surface area contributed by atoms with Crippen molar-refractivity contribution in [2.24, 2.45) is 5.41 Å². The molecule has 0 N–H and O–H groups in total. The van der Waals surface area contributed by atoms with Crippen molar-refractivity contribution in [3.8, 4) is 17.0 Å². The van der Waals surface area contributed by atoms with Gasteiger partial charge in [0.05, 0.1) is 22.3 Å². The summed E-state index contributed by atoms with van der Waals surface area (Å²) in [5, 5.41) is 4.27. The molecule has 1 aromatic carbocycles. The average molecular weight is 397 g/mol. The Kier molecular flexibility index (Phi) is 5.85. The molecule has 0 aliphatic rings. The van der Waals surface area contributed by atoms with Gasteiger partial charge in [-0.2, -0.15) is 27.1 Å². The minimum absolute atomic E-state index is 0.227. The fourth-order valence-electron chi connectivity index (χ4n) is 2.55. The molecule has 0 atom stereocenters. The van der Waals surface area contributed by atoms with Gasteiger partial charge in [-0.3, -0.25) is 4.68 Å². The zero-order chi connectivity index (χ0) is 19.7.